The van der Waals surface area contributed by atoms with Crippen LogP contribution in [-0.2, 0) is 9.53 Å². The molecule has 0 bridgehead atoms. The third-order valence-corrected chi connectivity index (χ3v) is 1.67. The Bertz CT molecular complexity index is 128. The lowest BCUT2D eigenvalue weighted by atomic mass is 10.2. The van der Waals surface area contributed by atoms with Crippen LogP contribution >= 0.6 is 0 Å². The van der Waals surface area contributed by atoms with E-state index in [1.165, 1.54) is 0 Å². The normalized spacial score (nSPS) is 10.0. The molecule has 4 heteroatoms. The molecule has 0 radical (unpaired) electrons. The second kappa shape index (κ2) is 9.48. The molecule has 0 aromatic carbocycles. The van der Waals surface area contributed by atoms with Crippen molar-refractivity contribution in [3.63, 3.8) is 0 Å². The lowest BCUT2D eigenvalue weighted by molar-refractivity contribution is -0.120. The van der Waals surface area contributed by atoms with E-state index >= 15 is 0 Å². The summed E-state index contributed by atoms with van der Waals surface area (Å²) in [5, 5.41) is 11.0. The van der Waals surface area contributed by atoms with Crippen LogP contribution in [0.3, 0.4) is 0 Å². The van der Waals surface area contributed by atoms with Gasteiger partial charge in [0.15, 0.2) is 0 Å². The van der Waals surface area contributed by atoms with Gasteiger partial charge >= 0.3 is 0 Å². The Morgan fingerprint density at radius 1 is 1.31 bits per heavy atom. The molecule has 0 aliphatic rings. The molecule has 78 valence electrons. The fraction of sp³-hybridized carbons (Fsp3) is 0.889. The zero-order valence-electron chi connectivity index (χ0n) is 8.21. The molecule has 4 nitrogen and oxygen atoms in total. The molecule has 0 aliphatic carbocycles. The first-order valence-corrected chi connectivity index (χ1v) is 4.70. The first-order chi connectivity index (χ1) is 6.31. The molecule has 0 unspecified atom stereocenters. The SMILES string of the molecule is CNC(=O)CCCCOCCCO. The summed E-state index contributed by atoms with van der Waals surface area (Å²) in [6, 6.07) is 0. The van der Waals surface area contributed by atoms with Gasteiger partial charge in [-0.3, -0.25) is 4.79 Å². The van der Waals surface area contributed by atoms with Gasteiger partial charge in [-0.15, -0.1) is 0 Å². The zero-order valence-corrected chi connectivity index (χ0v) is 8.21. The van der Waals surface area contributed by atoms with Crippen molar-refractivity contribution in [2.24, 2.45) is 0 Å². The van der Waals surface area contributed by atoms with Crippen LogP contribution in [0.5, 0.6) is 0 Å². The van der Waals surface area contributed by atoms with Crippen molar-refractivity contribution in [1.29, 1.82) is 0 Å². The van der Waals surface area contributed by atoms with Crippen molar-refractivity contribution in [3.05, 3.63) is 0 Å². The monoisotopic (exact) mass is 189 g/mol. The summed E-state index contributed by atoms with van der Waals surface area (Å²) in [5.74, 6) is 0.0790. The van der Waals surface area contributed by atoms with E-state index in [1.54, 1.807) is 7.05 Å². The molecule has 0 aromatic rings. The van der Waals surface area contributed by atoms with Crippen molar-refractivity contribution in [2.75, 3.05) is 26.9 Å². The molecule has 0 fully saturated rings. The van der Waals surface area contributed by atoms with Crippen molar-refractivity contribution < 1.29 is 14.6 Å². The second-order valence-electron chi connectivity index (χ2n) is 2.82. The second-order valence-corrected chi connectivity index (χ2v) is 2.82. The van der Waals surface area contributed by atoms with Gasteiger partial charge in [0.1, 0.15) is 0 Å². The molecule has 1 amide bonds. The van der Waals surface area contributed by atoms with Crippen LogP contribution in [-0.4, -0.2) is 37.9 Å². The van der Waals surface area contributed by atoms with Gasteiger partial charge in [-0.05, 0) is 19.3 Å². The molecular formula is C9H19NO3. The van der Waals surface area contributed by atoms with Crippen LogP contribution in [0.2, 0.25) is 0 Å². The largest absolute Gasteiger partial charge is 0.396 e. The number of carbonyl (C=O) groups excluding carboxylic acids is 1. The highest BCUT2D eigenvalue weighted by atomic mass is 16.5. The van der Waals surface area contributed by atoms with Gasteiger partial charge in [0.2, 0.25) is 5.91 Å². The van der Waals surface area contributed by atoms with Gasteiger partial charge in [-0.1, -0.05) is 0 Å². The molecule has 0 aromatic heterocycles. The highest BCUT2D eigenvalue weighted by Gasteiger charge is 1.96. The van der Waals surface area contributed by atoms with E-state index in [-0.39, 0.29) is 12.5 Å². The van der Waals surface area contributed by atoms with Crippen LogP contribution in [0.15, 0.2) is 0 Å². The first-order valence-electron chi connectivity index (χ1n) is 4.70. The summed E-state index contributed by atoms with van der Waals surface area (Å²) in [4.78, 5) is 10.8. The molecule has 13 heavy (non-hydrogen) atoms. The Hall–Kier alpha value is -0.610. The van der Waals surface area contributed by atoms with Gasteiger partial charge in [0, 0.05) is 33.3 Å². The summed E-state index contributed by atoms with van der Waals surface area (Å²) < 4.78 is 5.20. The third-order valence-electron chi connectivity index (χ3n) is 1.67. The molecule has 0 atom stereocenters. The van der Waals surface area contributed by atoms with E-state index in [0.717, 1.165) is 12.8 Å². The first kappa shape index (κ1) is 12.4. The fourth-order valence-corrected chi connectivity index (χ4v) is 0.883. The van der Waals surface area contributed by atoms with E-state index in [2.05, 4.69) is 5.32 Å². The minimum Gasteiger partial charge on any atom is -0.396 e. The zero-order chi connectivity index (χ0) is 9.94. The van der Waals surface area contributed by atoms with Gasteiger partial charge in [0.25, 0.3) is 0 Å². The molecule has 0 saturated heterocycles. The molecule has 0 aliphatic heterocycles. The Morgan fingerprint density at radius 3 is 2.62 bits per heavy atom. The fourth-order valence-electron chi connectivity index (χ4n) is 0.883. The molecule has 0 heterocycles. The van der Waals surface area contributed by atoms with Gasteiger partial charge in [-0.2, -0.15) is 0 Å². The van der Waals surface area contributed by atoms with E-state index < -0.39 is 0 Å². The minimum absolute atomic E-state index is 0.0790. The maximum Gasteiger partial charge on any atom is 0.219 e. The number of rotatable bonds is 8. The number of ether oxygens (including phenoxy) is 1. The third kappa shape index (κ3) is 9.30. The number of aliphatic hydroxyl groups excluding tert-OH is 1. The maximum absolute atomic E-state index is 10.8. The van der Waals surface area contributed by atoms with Crippen molar-refractivity contribution in [3.8, 4) is 0 Å². The number of hydrogen-bond acceptors (Lipinski definition) is 3. The Balaban J connectivity index is 2.95. The predicted octanol–water partition coefficient (Wildman–Crippen LogP) is 0.302. The Kier molecular flexibility index (Phi) is 9.03. The summed E-state index contributed by atoms with van der Waals surface area (Å²) in [6.07, 6.45) is 3.02. The molecule has 0 saturated carbocycles. The van der Waals surface area contributed by atoms with Crippen LogP contribution in [0.25, 0.3) is 0 Å². The van der Waals surface area contributed by atoms with E-state index in [9.17, 15) is 4.79 Å². The Morgan fingerprint density at radius 2 is 2.00 bits per heavy atom. The van der Waals surface area contributed by atoms with Crippen molar-refractivity contribution >= 4 is 5.91 Å². The van der Waals surface area contributed by atoms with Crippen molar-refractivity contribution in [2.45, 2.75) is 25.7 Å². The van der Waals surface area contributed by atoms with Gasteiger partial charge in [0.05, 0.1) is 0 Å². The minimum atomic E-state index is 0.0790. The van der Waals surface area contributed by atoms with Crippen LogP contribution < -0.4 is 5.32 Å². The highest BCUT2D eigenvalue weighted by molar-refractivity contribution is 5.75. The number of carbonyl (C=O) groups is 1. The summed E-state index contributed by atoms with van der Waals surface area (Å²) >= 11 is 0. The standard InChI is InChI=1S/C9H19NO3/c1-10-9(12)5-2-3-7-13-8-4-6-11/h11H,2-8H2,1H3,(H,10,12). The van der Waals surface area contributed by atoms with Crippen LogP contribution in [0.1, 0.15) is 25.7 Å². The molecule has 0 rings (SSSR count). The summed E-state index contributed by atoms with van der Waals surface area (Å²) in [7, 11) is 1.64. The molecular weight excluding hydrogens is 170 g/mol. The average Bonchev–Trinajstić information content (AvgIpc) is 2.16. The number of amides is 1. The molecule has 0 spiro atoms. The number of hydrogen-bond donors (Lipinski definition) is 2. The van der Waals surface area contributed by atoms with Gasteiger partial charge < -0.3 is 15.2 Å². The van der Waals surface area contributed by atoms with Gasteiger partial charge in [-0.25, -0.2) is 0 Å². The summed E-state index contributed by atoms with van der Waals surface area (Å²) in [5.41, 5.74) is 0. The van der Waals surface area contributed by atoms with E-state index in [1.807, 2.05) is 0 Å². The van der Waals surface area contributed by atoms with Crippen LogP contribution in [0, 0.1) is 0 Å². The smallest absolute Gasteiger partial charge is 0.219 e. The lowest BCUT2D eigenvalue weighted by Crippen LogP contribution is -2.17. The predicted molar refractivity (Wildman–Crippen MR) is 50.4 cm³/mol. The molecule has 2 N–H and O–H groups in total. The number of aliphatic hydroxyl groups is 1. The lowest BCUT2D eigenvalue weighted by Gasteiger charge is -2.02. The van der Waals surface area contributed by atoms with E-state index in [0.29, 0.717) is 26.1 Å². The maximum atomic E-state index is 10.8. The number of unbranched alkanes of at least 4 members (excludes halogenated alkanes) is 1. The van der Waals surface area contributed by atoms with E-state index in [4.69, 9.17) is 9.84 Å². The van der Waals surface area contributed by atoms with Crippen molar-refractivity contribution in [1.82, 2.24) is 5.32 Å². The number of nitrogens with one attached hydrogen (secondary N) is 1. The summed E-state index contributed by atoms with van der Waals surface area (Å²) in [6.45, 7) is 1.46. The topological polar surface area (TPSA) is 58.6 Å². The van der Waals surface area contributed by atoms with Crippen LogP contribution in [0.4, 0.5) is 0 Å². The highest BCUT2D eigenvalue weighted by Crippen LogP contribution is 1.95. The Labute approximate surface area is 79.3 Å². The average molecular weight is 189 g/mol. The quantitative estimate of drug-likeness (QED) is 0.540.